The van der Waals surface area contributed by atoms with Crippen LogP contribution in [0.15, 0.2) is 23.1 Å². The molecule has 0 spiro atoms. The van der Waals surface area contributed by atoms with E-state index in [9.17, 15) is 13.2 Å². The monoisotopic (exact) mass is 331 g/mol. The molecular weight excluding hydrogens is 314 g/mol. The summed E-state index contributed by atoms with van der Waals surface area (Å²) in [4.78, 5) is 11.9. The Balaban J connectivity index is 2.43. The molecule has 0 amide bonds. The summed E-state index contributed by atoms with van der Waals surface area (Å²) in [5.41, 5.74) is 0.877. The molecule has 21 heavy (non-hydrogen) atoms. The van der Waals surface area contributed by atoms with Gasteiger partial charge in [-0.1, -0.05) is 17.7 Å². The summed E-state index contributed by atoms with van der Waals surface area (Å²) in [7, 11) is -2.55. The number of methoxy groups -OCH3 is 1. The number of sulfonamides is 1. The van der Waals surface area contributed by atoms with Crippen molar-refractivity contribution < 1.29 is 17.9 Å². The maximum absolute atomic E-state index is 12.8. The van der Waals surface area contributed by atoms with Gasteiger partial charge in [0.1, 0.15) is 10.9 Å². The van der Waals surface area contributed by atoms with Gasteiger partial charge in [-0.15, -0.1) is 0 Å². The van der Waals surface area contributed by atoms with Crippen molar-refractivity contribution in [3.05, 3.63) is 28.8 Å². The van der Waals surface area contributed by atoms with Crippen LogP contribution in [0, 0.1) is 6.92 Å². The van der Waals surface area contributed by atoms with Crippen LogP contribution in [0.1, 0.15) is 24.8 Å². The van der Waals surface area contributed by atoms with E-state index in [2.05, 4.69) is 0 Å². The van der Waals surface area contributed by atoms with Crippen LogP contribution >= 0.6 is 11.6 Å². The molecule has 5 nitrogen and oxygen atoms in total. The highest BCUT2D eigenvalue weighted by atomic mass is 35.5. The number of ether oxygens (including phenoxy) is 1. The number of hydrogen-bond donors (Lipinski definition) is 0. The second-order valence-electron chi connectivity index (χ2n) is 5.08. The largest absolute Gasteiger partial charge is 0.468 e. The van der Waals surface area contributed by atoms with Crippen LogP contribution < -0.4 is 0 Å². The fraction of sp³-hybridized carbons (Fsp3) is 0.500. The van der Waals surface area contributed by atoms with E-state index in [4.69, 9.17) is 16.3 Å². The Labute approximate surface area is 129 Å². The van der Waals surface area contributed by atoms with Gasteiger partial charge < -0.3 is 4.74 Å². The topological polar surface area (TPSA) is 63.7 Å². The molecule has 1 aromatic rings. The number of benzene rings is 1. The average molecular weight is 332 g/mol. The second kappa shape index (κ2) is 6.34. The molecule has 1 aliphatic rings. The lowest BCUT2D eigenvalue weighted by Crippen LogP contribution is -2.48. The van der Waals surface area contributed by atoms with Crippen LogP contribution in [-0.4, -0.2) is 38.4 Å². The van der Waals surface area contributed by atoms with Crippen LogP contribution in [0.5, 0.6) is 0 Å². The van der Waals surface area contributed by atoms with Gasteiger partial charge in [-0.2, -0.15) is 4.31 Å². The van der Waals surface area contributed by atoms with E-state index in [0.717, 1.165) is 18.4 Å². The molecule has 0 aromatic heterocycles. The van der Waals surface area contributed by atoms with Gasteiger partial charge >= 0.3 is 5.97 Å². The van der Waals surface area contributed by atoms with E-state index < -0.39 is 22.0 Å². The van der Waals surface area contributed by atoms with Crippen molar-refractivity contribution in [2.45, 2.75) is 37.1 Å². The van der Waals surface area contributed by atoms with Crippen molar-refractivity contribution >= 4 is 27.6 Å². The number of hydrogen-bond acceptors (Lipinski definition) is 4. The Morgan fingerprint density at radius 3 is 2.71 bits per heavy atom. The third-order valence-corrected chi connectivity index (χ3v) is 5.99. The molecular formula is C14H18ClNO4S. The molecule has 0 aliphatic carbocycles. The molecule has 1 fully saturated rings. The number of esters is 1. The first-order valence-electron chi connectivity index (χ1n) is 6.73. The SMILES string of the molecule is COC(=O)[C@H]1CCCCN1S(=O)(=O)c1ccc(C)cc1Cl. The highest BCUT2D eigenvalue weighted by molar-refractivity contribution is 7.89. The highest BCUT2D eigenvalue weighted by Gasteiger charge is 2.39. The van der Waals surface area contributed by atoms with Gasteiger partial charge in [-0.25, -0.2) is 8.42 Å². The van der Waals surface area contributed by atoms with Crippen LogP contribution in [0.2, 0.25) is 5.02 Å². The number of carbonyl (C=O) groups is 1. The van der Waals surface area contributed by atoms with Gasteiger partial charge in [-0.05, 0) is 43.9 Å². The van der Waals surface area contributed by atoms with E-state index in [1.54, 1.807) is 12.1 Å². The fourth-order valence-electron chi connectivity index (χ4n) is 2.51. The van der Waals surface area contributed by atoms with Gasteiger partial charge in [0.25, 0.3) is 0 Å². The maximum Gasteiger partial charge on any atom is 0.324 e. The van der Waals surface area contributed by atoms with Crippen LogP contribution in [0.4, 0.5) is 0 Å². The van der Waals surface area contributed by atoms with E-state index in [-0.39, 0.29) is 9.92 Å². The molecule has 1 aliphatic heterocycles. The van der Waals surface area contributed by atoms with Crippen LogP contribution in [-0.2, 0) is 19.6 Å². The quantitative estimate of drug-likeness (QED) is 0.798. The van der Waals surface area contributed by atoms with Gasteiger partial charge in [0.15, 0.2) is 0 Å². The summed E-state index contributed by atoms with van der Waals surface area (Å²) < 4.78 is 31.5. The zero-order valence-corrected chi connectivity index (χ0v) is 13.6. The van der Waals surface area contributed by atoms with Crippen molar-refractivity contribution in [3.63, 3.8) is 0 Å². The van der Waals surface area contributed by atoms with E-state index in [0.29, 0.717) is 13.0 Å². The molecule has 1 atom stereocenters. The predicted molar refractivity (Wildman–Crippen MR) is 79.7 cm³/mol. The molecule has 2 rings (SSSR count). The Kier molecular flexibility index (Phi) is 4.91. The van der Waals surface area contributed by atoms with E-state index >= 15 is 0 Å². The van der Waals surface area contributed by atoms with E-state index in [1.807, 2.05) is 6.92 Å². The summed E-state index contributed by atoms with van der Waals surface area (Å²) in [6.07, 6.45) is 1.99. The molecule has 1 heterocycles. The summed E-state index contributed by atoms with van der Waals surface area (Å²) in [5, 5.41) is 0.171. The summed E-state index contributed by atoms with van der Waals surface area (Å²) >= 11 is 6.07. The molecule has 116 valence electrons. The fourth-order valence-corrected chi connectivity index (χ4v) is 4.73. The molecule has 0 radical (unpaired) electrons. The smallest absolute Gasteiger partial charge is 0.324 e. The Morgan fingerprint density at radius 1 is 1.38 bits per heavy atom. The Morgan fingerprint density at radius 2 is 2.10 bits per heavy atom. The summed E-state index contributed by atoms with van der Waals surface area (Å²) in [5.74, 6) is -0.526. The van der Waals surface area contributed by atoms with Gasteiger partial charge in [0.2, 0.25) is 10.0 Å². The molecule has 0 N–H and O–H groups in total. The van der Waals surface area contributed by atoms with Crippen molar-refractivity contribution in [2.24, 2.45) is 0 Å². The van der Waals surface area contributed by atoms with Gasteiger partial charge in [0.05, 0.1) is 12.1 Å². The van der Waals surface area contributed by atoms with Crippen LogP contribution in [0.3, 0.4) is 0 Å². The first kappa shape index (κ1) is 16.3. The lowest BCUT2D eigenvalue weighted by molar-refractivity contribution is -0.146. The number of halogens is 1. The molecule has 0 unspecified atom stereocenters. The predicted octanol–water partition coefficient (Wildman–Crippen LogP) is 2.36. The minimum atomic E-state index is -3.81. The zero-order valence-electron chi connectivity index (χ0n) is 12.0. The standard InChI is InChI=1S/C14H18ClNO4S/c1-10-6-7-13(11(15)9-10)21(18,19)16-8-4-3-5-12(16)14(17)20-2/h6-7,9,12H,3-5,8H2,1-2H3/t12-/m1/s1. The van der Waals surface area contributed by atoms with Crippen molar-refractivity contribution in [3.8, 4) is 0 Å². The average Bonchev–Trinajstić information content (AvgIpc) is 2.46. The zero-order chi connectivity index (χ0) is 15.6. The molecule has 0 saturated carbocycles. The Hall–Kier alpha value is -1.11. The molecule has 1 aromatic carbocycles. The number of nitrogens with zero attached hydrogens (tertiary/aromatic N) is 1. The second-order valence-corrected chi connectivity index (χ2v) is 7.35. The minimum absolute atomic E-state index is 0.0329. The van der Waals surface area contributed by atoms with E-state index in [1.165, 1.54) is 17.5 Å². The molecule has 1 saturated heterocycles. The lowest BCUT2D eigenvalue weighted by atomic mass is 10.1. The third kappa shape index (κ3) is 3.22. The van der Waals surface area contributed by atoms with Crippen molar-refractivity contribution in [1.29, 1.82) is 0 Å². The minimum Gasteiger partial charge on any atom is -0.468 e. The van der Waals surface area contributed by atoms with Crippen molar-refractivity contribution in [2.75, 3.05) is 13.7 Å². The highest BCUT2D eigenvalue weighted by Crippen LogP contribution is 2.30. The number of rotatable bonds is 3. The molecule has 0 bridgehead atoms. The van der Waals surface area contributed by atoms with Crippen LogP contribution in [0.25, 0.3) is 0 Å². The summed E-state index contributed by atoms with van der Waals surface area (Å²) in [6.45, 7) is 2.13. The van der Waals surface area contributed by atoms with Gasteiger partial charge in [0, 0.05) is 6.54 Å². The number of carbonyl (C=O) groups excluding carboxylic acids is 1. The summed E-state index contributed by atoms with van der Waals surface area (Å²) in [6, 6.07) is 4.00. The number of aryl methyl sites for hydroxylation is 1. The van der Waals surface area contributed by atoms with Gasteiger partial charge in [-0.3, -0.25) is 4.79 Å². The number of piperidine rings is 1. The first-order valence-corrected chi connectivity index (χ1v) is 8.55. The maximum atomic E-state index is 12.8. The third-order valence-electron chi connectivity index (χ3n) is 3.60. The normalized spacial score (nSPS) is 20.2. The molecule has 7 heteroatoms. The first-order chi connectivity index (χ1) is 9.87. The Bertz CT molecular complexity index is 644. The van der Waals surface area contributed by atoms with Crippen molar-refractivity contribution in [1.82, 2.24) is 4.31 Å². The lowest BCUT2D eigenvalue weighted by Gasteiger charge is -2.32.